The molecule has 0 spiro atoms. The van der Waals surface area contributed by atoms with E-state index in [4.69, 9.17) is 21.4 Å². The van der Waals surface area contributed by atoms with Crippen molar-refractivity contribution in [2.75, 3.05) is 11.4 Å². The van der Waals surface area contributed by atoms with Crippen molar-refractivity contribution in [3.8, 4) is 6.07 Å². The molecule has 1 aliphatic heterocycles. The Balaban J connectivity index is 1.98. The van der Waals surface area contributed by atoms with Gasteiger partial charge in [-0.05, 0) is 24.4 Å². The van der Waals surface area contributed by atoms with Crippen molar-refractivity contribution in [1.82, 2.24) is 9.53 Å². The Morgan fingerprint density at radius 2 is 2.50 bits per heavy atom. The van der Waals surface area contributed by atoms with Crippen molar-refractivity contribution in [2.24, 2.45) is 0 Å². The van der Waals surface area contributed by atoms with Gasteiger partial charge in [-0.1, -0.05) is 16.8 Å². The molecule has 1 saturated heterocycles. The summed E-state index contributed by atoms with van der Waals surface area (Å²) >= 11 is 7.17. The van der Waals surface area contributed by atoms with Gasteiger partial charge >= 0.3 is 0 Å². The fourth-order valence-electron chi connectivity index (χ4n) is 2.26. The lowest BCUT2D eigenvalue weighted by Gasteiger charge is -2.23. The van der Waals surface area contributed by atoms with Crippen molar-refractivity contribution < 1.29 is 4.52 Å². The summed E-state index contributed by atoms with van der Waals surface area (Å²) in [6.45, 7) is 0.880. The van der Waals surface area contributed by atoms with Crippen LogP contribution in [-0.4, -0.2) is 16.1 Å². The minimum atomic E-state index is 0.146. The summed E-state index contributed by atoms with van der Waals surface area (Å²) in [7, 11) is 0. The molecule has 0 radical (unpaired) electrons. The number of hydrogen-bond donors (Lipinski definition) is 0. The third-order valence-corrected chi connectivity index (χ3v) is 4.32. The van der Waals surface area contributed by atoms with Crippen molar-refractivity contribution in [1.29, 1.82) is 5.26 Å². The number of aromatic nitrogens is 2. The van der Waals surface area contributed by atoms with Crippen LogP contribution in [0.1, 0.15) is 30.1 Å². The molecule has 5 nitrogen and oxygen atoms in total. The van der Waals surface area contributed by atoms with Crippen molar-refractivity contribution in [3.63, 3.8) is 0 Å². The highest BCUT2D eigenvalue weighted by atomic mass is 35.5. The molecular formula is C11H9ClN4OS. The maximum absolute atomic E-state index is 9.14. The van der Waals surface area contributed by atoms with Crippen LogP contribution in [0.2, 0.25) is 5.15 Å². The monoisotopic (exact) mass is 280 g/mol. The van der Waals surface area contributed by atoms with E-state index in [0.29, 0.717) is 5.56 Å². The molecule has 1 atom stereocenters. The first-order valence-electron chi connectivity index (χ1n) is 5.53. The molecule has 3 heterocycles. The summed E-state index contributed by atoms with van der Waals surface area (Å²) in [5.41, 5.74) is 1.35. The molecule has 92 valence electrons. The van der Waals surface area contributed by atoms with Gasteiger partial charge in [-0.2, -0.15) is 9.64 Å². The number of halogens is 1. The summed E-state index contributed by atoms with van der Waals surface area (Å²) in [6.07, 6.45) is 3.61. The molecule has 2 aromatic rings. The SMILES string of the molecule is N#Cc1c(Cl)nsc1N1CCC[C@@H]1c1ccon1. The molecule has 18 heavy (non-hydrogen) atoms. The zero-order chi connectivity index (χ0) is 12.5. The van der Waals surface area contributed by atoms with Gasteiger partial charge in [0.05, 0.1) is 6.04 Å². The summed E-state index contributed by atoms with van der Waals surface area (Å²) in [4.78, 5) is 2.14. The molecule has 0 aromatic carbocycles. The Bertz CT molecular complexity index is 589. The van der Waals surface area contributed by atoms with Gasteiger partial charge < -0.3 is 9.42 Å². The number of nitriles is 1. The van der Waals surface area contributed by atoms with E-state index in [9.17, 15) is 0 Å². The first kappa shape index (κ1) is 11.5. The van der Waals surface area contributed by atoms with Gasteiger partial charge in [0.15, 0.2) is 5.15 Å². The lowest BCUT2D eigenvalue weighted by molar-refractivity contribution is 0.405. The quantitative estimate of drug-likeness (QED) is 0.846. The Labute approximate surface area is 113 Å². The predicted octanol–water partition coefficient (Wildman–Crippen LogP) is 3.00. The van der Waals surface area contributed by atoms with Gasteiger partial charge in [-0.3, -0.25) is 0 Å². The standard InChI is InChI=1S/C11H9ClN4OS/c12-10-7(6-13)11(18-15-10)16-4-1-2-9(16)8-3-5-17-14-8/h3,5,9H,1-2,4H2/t9-/m1/s1. The number of hydrogen-bond acceptors (Lipinski definition) is 6. The molecule has 0 unspecified atom stereocenters. The van der Waals surface area contributed by atoms with Gasteiger partial charge in [0.2, 0.25) is 0 Å². The highest BCUT2D eigenvalue weighted by Gasteiger charge is 2.31. The van der Waals surface area contributed by atoms with Gasteiger partial charge in [0, 0.05) is 12.6 Å². The molecule has 0 N–H and O–H groups in total. The topological polar surface area (TPSA) is 66.0 Å². The Morgan fingerprint density at radius 3 is 3.22 bits per heavy atom. The molecule has 0 amide bonds. The van der Waals surface area contributed by atoms with E-state index >= 15 is 0 Å². The maximum atomic E-state index is 9.14. The molecule has 0 saturated carbocycles. The van der Waals surface area contributed by atoms with Gasteiger partial charge in [0.25, 0.3) is 0 Å². The molecule has 7 heteroatoms. The third kappa shape index (κ3) is 1.76. The second kappa shape index (κ2) is 4.59. The minimum absolute atomic E-state index is 0.146. The van der Waals surface area contributed by atoms with Gasteiger partial charge in [-0.15, -0.1) is 0 Å². The Kier molecular flexibility index (Phi) is 2.94. The van der Waals surface area contributed by atoms with E-state index in [1.54, 1.807) is 6.26 Å². The minimum Gasteiger partial charge on any atom is -0.364 e. The molecule has 0 aliphatic carbocycles. The molecule has 3 rings (SSSR count). The van der Waals surface area contributed by atoms with Crippen LogP contribution >= 0.6 is 23.1 Å². The molecule has 1 aliphatic rings. The Hall–Kier alpha value is -1.58. The van der Waals surface area contributed by atoms with E-state index in [0.717, 1.165) is 30.1 Å². The van der Waals surface area contributed by atoms with E-state index in [-0.39, 0.29) is 11.2 Å². The van der Waals surface area contributed by atoms with Crippen LogP contribution in [0.25, 0.3) is 0 Å². The summed E-state index contributed by atoms with van der Waals surface area (Å²) < 4.78 is 8.94. The Morgan fingerprint density at radius 1 is 1.61 bits per heavy atom. The smallest absolute Gasteiger partial charge is 0.162 e. The summed E-state index contributed by atoms with van der Waals surface area (Å²) in [6, 6.07) is 4.12. The van der Waals surface area contributed by atoms with Crippen LogP contribution in [0.4, 0.5) is 5.00 Å². The zero-order valence-electron chi connectivity index (χ0n) is 9.34. The van der Waals surface area contributed by atoms with Gasteiger partial charge in [0.1, 0.15) is 28.6 Å². The molecular weight excluding hydrogens is 272 g/mol. The maximum Gasteiger partial charge on any atom is 0.162 e. The highest BCUT2D eigenvalue weighted by Crippen LogP contribution is 2.40. The van der Waals surface area contributed by atoms with Crippen LogP contribution < -0.4 is 4.90 Å². The normalized spacial score (nSPS) is 19.1. The van der Waals surface area contributed by atoms with E-state index in [1.807, 2.05) is 6.07 Å². The zero-order valence-corrected chi connectivity index (χ0v) is 10.9. The van der Waals surface area contributed by atoms with Crippen LogP contribution in [0.5, 0.6) is 0 Å². The van der Waals surface area contributed by atoms with Crippen LogP contribution in [-0.2, 0) is 0 Å². The number of anilines is 1. The highest BCUT2D eigenvalue weighted by molar-refractivity contribution is 7.10. The molecule has 0 bridgehead atoms. The number of nitrogens with zero attached hydrogens (tertiary/aromatic N) is 4. The average Bonchev–Trinajstić information content (AvgIpc) is 3.07. The lowest BCUT2D eigenvalue weighted by Crippen LogP contribution is -2.22. The van der Waals surface area contributed by atoms with Crippen LogP contribution in [0.15, 0.2) is 16.9 Å². The fourth-order valence-corrected chi connectivity index (χ4v) is 3.37. The van der Waals surface area contributed by atoms with E-state index in [1.165, 1.54) is 11.5 Å². The first-order valence-corrected chi connectivity index (χ1v) is 6.68. The summed E-state index contributed by atoms with van der Waals surface area (Å²) in [5, 5.41) is 14.2. The average molecular weight is 281 g/mol. The van der Waals surface area contributed by atoms with Crippen molar-refractivity contribution in [3.05, 3.63) is 28.7 Å². The van der Waals surface area contributed by atoms with E-state index < -0.39 is 0 Å². The predicted molar refractivity (Wildman–Crippen MR) is 67.7 cm³/mol. The first-order chi connectivity index (χ1) is 8.81. The largest absolute Gasteiger partial charge is 0.364 e. The van der Waals surface area contributed by atoms with E-state index in [2.05, 4.69) is 20.5 Å². The lowest BCUT2D eigenvalue weighted by atomic mass is 10.1. The molecule has 1 fully saturated rings. The number of rotatable bonds is 2. The van der Waals surface area contributed by atoms with Gasteiger partial charge in [-0.25, -0.2) is 0 Å². The summed E-state index contributed by atoms with van der Waals surface area (Å²) in [5.74, 6) is 0. The van der Waals surface area contributed by atoms with Crippen molar-refractivity contribution >= 4 is 28.1 Å². The molecule has 2 aromatic heterocycles. The van der Waals surface area contributed by atoms with Crippen LogP contribution in [0, 0.1) is 11.3 Å². The van der Waals surface area contributed by atoms with Crippen LogP contribution in [0.3, 0.4) is 0 Å². The van der Waals surface area contributed by atoms with Crippen molar-refractivity contribution in [2.45, 2.75) is 18.9 Å². The second-order valence-corrected chi connectivity index (χ2v) is 5.15. The fraction of sp³-hybridized carbons (Fsp3) is 0.364. The second-order valence-electron chi connectivity index (χ2n) is 4.04. The third-order valence-electron chi connectivity index (χ3n) is 3.06.